The Morgan fingerprint density at radius 1 is 0.941 bits per heavy atom. The van der Waals surface area contributed by atoms with E-state index in [9.17, 15) is 13.2 Å². The lowest BCUT2D eigenvalue weighted by atomic mass is 10.0. The third-order valence-electron chi connectivity index (χ3n) is 6.00. The van der Waals surface area contributed by atoms with Crippen molar-refractivity contribution in [3.63, 3.8) is 0 Å². The van der Waals surface area contributed by atoms with Gasteiger partial charge < -0.3 is 15.5 Å². The number of carbonyl (C=O) groups is 1. The van der Waals surface area contributed by atoms with Gasteiger partial charge in [0.2, 0.25) is 15.9 Å². The van der Waals surface area contributed by atoms with E-state index in [-0.39, 0.29) is 10.8 Å². The molecular weight excluding hydrogens is 454 g/mol. The van der Waals surface area contributed by atoms with Crippen molar-refractivity contribution < 1.29 is 13.2 Å². The largest absolute Gasteiger partial charge is 0.354 e. The maximum Gasteiger partial charge on any atom is 0.243 e. The van der Waals surface area contributed by atoms with Crippen LogP contribution >= 0.6 is 0 Å². The number of anilines is 4. The molecule has 1 saturated heterocycles. The first kappa shape index (κ1) is 22.2. The summed E-state index contributed by atoms with van der Waals surface area (Å²) in [6, 6.07) is 10.6. The lowest BCUT2D eigenvalue weighted by Gasteiger charge is -2.34. The van der Waals surface area contributed by atoms with E-state index in [4.69, 9.17) is 0 Å². The summed E-state index contributed by atoms with van der Waals surface area (Å²) >= 11 is 0. The topological polar surface area (TPSA) is 120 Å². The van der Waals surface area contributed by atoms with E-state index in [1.807, 2.05) is 30.0 Å². The number of aromatic nitrogens is 3. The van der Waals surface area contributed by atoms with Gasteiger partial charge in [-0.3, -0.25) is 4.79 Å². The Morgan fingerprint density at radius 3 is 2.53 bits per heavy atom. The molecule has 2 aliphatic heterocycles. The predicted octanol–water partition coefficient (Wildman–Crippen LogP) is 2.32. The Morgan fingerprint density at radius 2 is 1.74 bits per heavy atom. The monoisotopic (exact) mass is 479 g/mol. The van der Waals surface area contributed by atoms with E-state index in [1.54, 1.807) is 24.4 Å². The zero-order valence-electron chi connectivity index (χ0n) is 18.7. The van der Waals surface area contributed by atoms with Gasteiger partial charge in [-0.05, 0) is 54.8 Å². The highest BCUT2D eigenvalue weighted by Gasteiger charge is 2.30. The molecule has 0 spiro atoms. The first-order valence-corrected chi connectivity index (χ1v) is 12.5. The highest BCUT2D eigenvalue weighted by atomic mass is 32.2. The molecule has 0 atom stereocenters. The standard InChI is InChI=1S/C23H25N7O3S/c1-16-6-7-24-20(12-16)28-21-14-22(26-15-25-21)29-8-10-30(11-9-29)34(32,33)18-3-4-19-17(13-18)2-5-23(31)27-19/h3-4,6-7,12-15H,2,5,8-11H2,1H3,(H,27,31)(H,24,25,26,28). The average molecular weight is 480 g/mol. The second-order valence-corrected chi connectivity index (χ2v) is 10.3. The minimum atomic E-state index is -3.63. The first-order valence-electron chi connectivity index (χ1n) is 11.1. The molecule has 3 aromatic rings. The number of pyridine rings is 1. The number of carbonyl (C=O) groups excluding carboxylic acids is 1. The quantitative estimate of drug-likeness (QED) is 0.572. The first-order chi connectivity index (χ1) is 16.4. The van der Waals surface area contributed by atoms with Crippen molar-refractivity contribution in [2.45, 2.75) is 24.7 Å². The predicted molar refractivity (Wildman–Crippen MR) is 129 cm³/mol. The summed E-state index contributed by atoms with van der Waals surface area (Å²) in [7, 11) is -3.63. The summed E-state index contributed by atoms with van der Waals surface area (Å²) in [5.74, 6) is 2.01. The van der Waals surface area contributed by atoms with Crippen molar-refractivity contribution in [1.82, 2.24) is 19.3 Å². The normalized spacial score (nSPS) is 16.6. The molecule has 0 radical (unpaired) electrons. The molecule has 2 N–H and O–H groups in total. The average Bonchev–Trinajstić information content (AvgIpc) is 2.84. The van der Waals surface area contributed by atoms with Crippen molar-refractivity contribution in [3.05, 3.63) is 60.0 Å². The minimum Gasteiger partial charge on any atom is -0.354 e. The van der Waals surface area contributed by atoms with Gasteiger partial charge in [-0.2, -0.15) is 4.31 Å². The van der Waals surface area contributed by atoms with Crippen LogP contribution in [-0.2, 0) is 21.2 Å². The fraction of sp³-hybridized carbons (Fsp3) is 0.304. The summed E-state index contributed by atoms with van der Waals surface area (Å²) in [5, 5.41) is 5.97. The van der Waals surface area contributed by atoms with Gasteiger partial charge in [0, 0.05) is 50.6 Å². The van der Waals surface area contributed by atoms with Gasteiger partial charge in [-0.1, -0.05) is 0 Å². The van der Waals surface area contributed by atoms with Crippen LogP contribution in [0.3, 0.4) is 0 Å². The Labute approximate surface area is 198 Å². The van der Waals surface area contributed by atoms with Crippen molar-refractivity contribution in [2.75, 3.05) is 41.7 Å². The van der Waals surface area contributed by atoms with Crippen LogP contribution in [0.4, 0.5) is 23.1 Å². The van der Waals surface area contributed by atoms with Crippen LogP contribution < -0.4 is 15.5 Å². The van der Waals surface area contributed by atoms with Gasteiger partial charge in [0.15, 0.2) is 0 Å². The Bertz CT molecular complexity index is 1340. The van der Waals surface area contributed by atoms with E-state index in [2.05, 4.69) is 25.6 Å². The Balaban J connectivity index is 1.26. The Hall–Kier alpha value is -3.57. The molecule has 0 aliphatic carbocycles. The summed E-state index contributed by atoms with van der Waals surface area (Å²) in [6.07, 6.45) is 4.13. The smallest absolute Gasteiger partial charge is 0.243 e. The molecule has 1 fully saturated rings. The molecule has 1 aromatic carbocycles. The van der Waals surface area contributed by atoms with E-state index in [0.717, 1.165) is 16.9 Å². The van der Waals surface area contributed by atoms with Crippen molar-refractivity contribution in [1.29, 1.82) is 0 Å². The van der Waals surface area contributed by atoms with Crippen molar-refractivity contribution in [3.8, 4) is 0 Å². The van der Waals surface area contributed by atoms with Crippen molar-refractivity contribution >= 4 is 39.1 Å². The fourth-order valence-corrected chi connectivity index (χ4v) is 5.62. The fourth-order valence-electron chi connectivity index (χ4n) is 4.15. The van der Waals surface area contributed by atoms with E-state index in [1.165, 1.54) is 10.6 Å². The van der Waals surface area contributed by atoms with Gasteiger partial charge >= 0.3 is 0 Å². The van der Waals surface area contributed by atoms with Gasteiger partial charge in [-0.15, -0.1) is 0 Å². The Kier molecular flexibility index (Phi) is 5.88. The van der Waals surface area contributed by atoms with Crippen LogP contribution in [0, 0.1) is 6.92 Å². The van der Waals surface area contributed by atoms with Crippen molar-refractivity contribution in [2.24, 2.45) is 0 Å². The number of fused-ring (bicyclic) bond motifs is 1. The SMILES string of the molecule is Cc1ccnc(Nc2cc(N3CCN(S(=O)(=O)c4ccc5c(c4)CCC(=O)N5)CC3)ncn2)c1. The number of benzene rings is 1. The van der Waals surface area contributed by atoms with E-state index in [0.29, 0.717) is 56.3 Å². The zero-order chi connectivity index (χ0) is 23.7. The second-order valence-electron chi connectivity index (χ2n) is 8.36. The van der Waals surface area contributed by atoms with Crippen LogP contribution in [0.5, 0.6) is 0 Å². The molecule has 34 heavy (non-hydrogen) atoms. The van der Waals surface area contributed by atoms with Crippen LogP contribution in [-0.4, -0.2) is 59.8 Å². The van der Waals surface area contributed by atoms with Crippen LogP contribution in [0.25, 0.3) is 0 Å². The lowest BCUT2D eigenvalue weighted by molar-refractivity contribution is -0.116. The number of nitrogens with one attached hydrogen (secondary N) is 2. The zero-order valence-corrected chi connectivity index (χ0v) is 19.5. The molecule has 4 heterocycles. The number of amides is 1. The molecule has 11 heteroatoms. The third-order valence-corrected chi connectivity index (χ3v) is 7.89. The van der Waals surface area contributed by atoms with Gasteiger partial charge in [0.1, 0.15) is 23.8 Å². The molecule has 5 rings (SSSR count). The van der Waals surface area contributed by atoms with Crippen LogP contribution in [0.1, 0.15) is 17.5 Å². The highest BCUT2D eigenvalue weighted by molar-refractivity contribution is 7.89. The number of piperazine rings is 1. The number of sulfonamides is 1. The molecule has 176 valence electrons. The number of rotatable bonds is 5. The number of hydrogen-bond donors (Lipinski definition) is 2. The molecular formula is C23H25N7O3S. The maximum atomic E-state index is 13.2. The highest BCUT2D eigenvalue weighted by Crippen LogP contribution is 2.28. The number of hydrogen-bond acceptors (Lipinski definition) is 8. The molecule has 0 unspecified atom stereocenters. The molecule has 2 aromatic heterocycles. The minimum absolute atomic E-state index is 0.0440. The molecule has 10 nitrogen and oxygen atoms in total. The van der Waals surface area contributed by atoms with E-state index >= 15 is 0 Å². The summed E-state index contributed by atoms with van der Waals surface area (Å²) in [6.45, 7) is 3.72. The van der Waals surface area contributed by atoms with Gasteiger partial charge in [0.25, 0.3) is 0 Å². The third kappa shape index (κ3) is 4.57. The summed E-state index contributed by atoms with van der Waals surface area (Å²) in [5.41, 5.74) is 2.63. The van der Waals surface area contributed by atoms with Crippen LogP contribution in [0.2, 0.25) is 0 Å². The number of nitrogens with zero attached hydrogens (tertiary/aromatic N) is 5. The second kappa shape index (κ2) is 8.99. The summed E-state index contributed by atoms with van der Waals surface area (Å²) < 4.78 is 28.0. The molecule has 1 amide bonds. The van der Waals surface area contributed by atoms with E-state index < -0.39 is 10.0 Å². The maximum absolute atomic E-state index is 13.2. The van der Waals surface area contributed by atoms with Gasteiger partial charge in [0.05, 0.1) is 4.90 Å². The molecule has 0 bridgehead atoms. The van der Waals surface area contributed by atoms with Gasteiger partial charge in [-0.25, -0.2) is 23.4 Å². The number of aryl methyl sites for hydroxylation is 2. The molecule has 2 aliphatic rings. The lowest BCUT2D eigenvalue weighted by Crippen LogP contribution is -2.49. The summed E-state index contributed by atoms with van der Waals surface area (Å²) in [4.78, 5) is 26.8. The molecule has 0 saturated carbocycles. The van der Waals surface area contributed by atoms with Crippen LogP contribution in [0.15, 0.2) is 53.8 Å².